The van der Waals surface area contributed by atoms with Crippen molar-refractivity contribution in [3.63, 3.8) is 0 Å². The number of rotatable bonds is 4. The molecule has 1 aromatic heterocycles. The summed E-state index contributed by atoms with van der Waals surface area (Å²) in [6.45, 7) is 2.29. The van der Waals surface area contributed by atoms with E-state index in [-0.39, 0.29) is 18.0 Å². The van der Waals surface area contributed by atoms with E-state index in [9.17, 15) is 9.59 Å². The van der Waals surface area contributed by atoms with Crippen LogP contribution in [0, 0.1) is 12.8 Å². The average molecular weight is 266 g/mol. The quantitative estimate of drug-likeness (QED) is 0.645. The van der Waals surface area contributed by atoms with E-state index in [1.165, 1.54) is 0 Å². The van der Waals surface area contributed by atoms with Gasteiger partial charge in [0.05, 0.1) is 12.1 Å². The van der Waals surface area contributed by atoms with E-state index in [1.807, 2.05) is 6.92 Å². The summed E-state index contributed by atoms with van der Waals surface area (Å²) >= 11 is 0. The number of nitrogens with zero attached hydrogens (tertiary/aromatic N) is 1. The van der Waals surface area contributed by atoms with Gasteiger partial charge in [0.1, 0.15) is 0 Å². The Morgan fingerprint density at radius 1 is 1.53 bits per heavy atom. The van der Waals surface area contributed by atoms with Gasteiger partial charge in [0.2, 0.25) is 0 Å². The first-order chi connectivity index (χ1) is 9.06. The molecule has 1 aliphatic carbocycles. The van der Waals surface area contributed by atoms with Crippen LogP contribution in [0.4, 0.5) is 4.79 Å². The molecule has 1 aromatic rings. The summed E-state index contributed by atoms with van der Waals surface area (Å²) < 4.78 is 0. The lowest BCUT2D eigenvalue weighted by Crippen LogP contribution is -2.40. The number of aryl methyl sites for hydroxylation is 1. The number of H-pyrrole nitrogens is 1. The van der Waals surface area contributed by atoms with Crippen molar-refractivity contribution in [2.75, 3.05) is 0 Å². The van der Waals surface area contributed by atoms with Gasteiger partial charge in [-0.3, -0.25) is 9.89 Å². The lowest BCUT2D eigenvalue weighted by atomic mass is 10.1. The third kappa shape index (κ3) is 3.46. The minimum atomic E-state index is -0.779. The lowest BCUT2D eigenvalue weighted by molar-refractivity contribution is -0.141. The zero-order chi connectivity index (χ0) is 13.8. The van der Waals surface area contributed by atoms with Crippen LogP contribution in [0.3, 0.4) is 0 Å². The second-order valence-corrected chi connectivity index (χ2v) is 4.89. The first-order valence-electron chi connectivity index (χ1n) is 6.32. The van der Waals surface area contributed by atoms with E-state index in [0.717, 1.165) is 17.7 Å². The summed E-state index contributed by atoms with van der Waals surface area (Å²) in [5.41, 5.74) is 1.86. The third-order valence-electron chi connectivity index (χ3n) is 3.49. The number of carboxylic acids is 1. The number of hydrogen-bond donors (Lipinski definition) is 4. The van der Waals surface area contributed by atoms with E-state index in [1.54, 1.807) is 6.20 Å². The molecule has 1 aliphatic rings. The molecule has 2 rings (SSSR count). The maximum atomic E-state index is 11.7. The molecule has 0 radical (unpaired) electrons. The van der Waals surface area contributed by atoms with Gasteiger partial charge in [-0.15, -0.1) is 0 Å². The Labute approximate surface area is 110 Å². The summed E-state index contributed by atoms with van der Waals surface area (Å²) in [6, 6.07) is -0.316. The Morgan fingerprint density at radius 2 is 2.32 bits per heavy atom. The summed E-state index contributed by atoms with van der Waals surface area (Å²) in [6.07, 6.45) is 3.52. The number of aromatic nitrogens is 2. The molecule has 2 amide bonds. The van der Waals surface area contributed by atoms with Crippen molar-refractivity contribution < 1.29 is 14.7 Å². The van der Waals surface area contributed by atoms with Gasteiger partial charge in [-0.05, 0) is 26.2 Å². The second-order valence-electron chi connectivity index (χ2n) is 4.89. The Balaban J connectivity index is 1.73. The van der Waals surface area contributed by atoms with Gasteiger partial charge in [0.15, 0.2) is 0 Å². The molecule has 0 unspecified atom stereocenters. The Bertz CT molecular complexity index is 471. The fourth-order valence-corrected chi connectivity index (χ4v) is 2.30. The van der Waals surface area contributed by atoms with Crippen LogP contribution in [-0.2, 0) is 11.3 Å². The maximum absolute atomic E-state index is 11.7. The molecule has 4 N–H and O–H groups in total. The molecule has 19 heavy (non-hydrogen) atoms. The van der Waals surface area contributed by atoms with Crippen molar-refractivity contribution in [1.82, 2.24) is 20.8 Å². The molecule has 0 saturated heterocycles. The molecular weight excluding hydrogens is 248 g/mol. The lowest BCUT2D eigenvalue weighted by Gasteiger charge is -2.13. The van der Waals surface area contributed by atoms with Gasteiger partial charge >= 0.3 is 12.0 Å². The first kappa shape index (κ1) is 13.4. The predicted molar refractivity (Wildman–Crippen MR) is 67.5 cm³/mol. The number of urea groups is 1. The number of aliphatic carboxylic acids is 1. The highest BCUT2D eigenvalue weighted by atomic mass is 16.4. The van der Waals surface area contributed by atoms with Crippen LogP contribution >= 0.6 is 0 Å². The van der Waals surface area contributed by atoms with Crippen molar-refractivity contribution in [1.29, 1.82) is 0 Å². The highest BCUT2D eigenvalue weighted by Crippen LogP contribution is 2.25. The number of amides is 2. The van der Waals surface area contributed by atoms with Crippen LogP contribution < -0.4 is 10.6 Å². The Kier molecular flexibility index (Phi) is 4.03. The van der Waals surface area contributed by atoms with E-state index >= 15 is 0 Å². The summed E-state index contributed by atoms with van der Waals surface area (Å²) in [4.78, 5) is 22.5. The molecule has 1 saturated carbocycles. The number of carbonyl (C=O) groups is 2. The van der Waals surface area contributed by atoms with Crippen LogP contribution in [0.2, 0.25) is 0 Å². The van der Waals surface area contributed by atoms with Crippen molar-refractivity contribution in [2.45, 2.75) is 38.8 Å². The van der Waals surface area contributed by atoms with Gasteiger partial charge in [-0.2, -0.15) is 5.10 Å². The first-order valence-corrected chi connectivity index (χ1v) is 6.32. The van der Waals surface area contributed by atoms with E-state index in [0.29, 0.717) is 19.4 Å². The minimum Gasteiger partial charge on any atom is -0.481 e. The van der Waals surface area contributed by atoms with Gasteiger partial charge in [0, 0.05) is 23.8 Å². The highest BCUT2D eigenvalue weighted by molar-refractivity contribution is 5.75. The third-order valence-corrected chi connectivity index (χ3v) is 3.49. The van der Waals surface area contributed by atoms with E-state index in [2.05, 4.69) is 20.8 Å². The van der Waals surface area contributed by atoms with Crippen LogP contribution in [-0.4, -0.2) is 33.3 Å². The molecule has 0 aromatic carbocycles. The fourth-order valence-electron chi connectivity index (χ4n) is 2.30. The predicted octanol–water partition coefficient (Wildman–Crippen LogP) is 0.771. The molecule has 0 spiro atoms. The van der Waals surface area contributed by atoms with Crippen LogP contribution in [0.15, 0.2) is 6.20 Å². The van der Waals surface area contributed by atoms with Gasteiger partial charge < -0.3 is 15.7 Å². The molecule has 2 atom stereocenters. The van der Waals surface area contributed by atoms with Crippen molar-refractivity contribution >= 4 is 12.0 Å². The molecule has 0 aliphatic heterocycles. The molecule has 1 heterocycles. The van der Waals surface area contributed by atoms with Crippen molar-refractivity contribution in [3.8, 4) is 0 Å². The SMILES string of the molecule is Cc1[nH]ncc1CNC(=O)N[C@H]1CC[C@@H](C(=O)O)C1. The highest BCUT2D eigenvalue weighted by Gasteiger charge is 2.30. The monoisotopic (exact) mass is 266 g/mol. The normalized spacial score (nSPS) is 22.2. The molecule has 7 heteroatoms. The van der Waals surface area contributed by atoms with Gasteiger partial charge in [0.25, 0.3) is 0 Å². The van der Waals surface area contributed by atoms with Crippen LogP contribution in [0.5, 0.6) is 0 Å². The number of carbonyl (C=O) groups excluding carboxylic acids is 1. The smallest absolute Gasteiger partial charge is 0.315 e. The zero-order valence-corrected chi connectivity index (χ0v) is 10.8. The number of nitrogens with one attached hydrogen (secondary N) is 3. The second kappa shape index (κ2) is 5.73. The summed E-state index contributed by atoms with van der Waals surface area (Å²) in [5.74, 6) is -1.11. The van der Waals surface area contributed by atoms with Gasteiger partial charge in [-0.1, -0.05) is 0 Å². The van der Waals surface area contributed by atoms with E-state index < -0.39 is 5.97 Å². The fraction of sp³-hybridized carbons (Fsp3) is 0.583. The van der Waals surface area contributed by atoms with Crippen molar-refractivity contribution in [2.24, 2.45) is 5.92 Å². The van der Waals surface area contributed by atoms with Crippen LogP contribution in [0.25, 0.3) is 0 Å². The minimum absolute atomic E-state index is 0.0495. The number of carboxylic acid groups (broad SMARTS) is 1. The molecule has 104 valence electrons. The largest absolute Gasteiger partial charge is 0.481 e. The maximum Gasteiger partial charge on any atom is 0.315 e. The molecule has 1 fully saturated rings. The molecule has 7 nitrogen and oxygen atoms in total. The Morgan fingerprint density at radius 3 is 2.89 bits per heavy atom. The van der Waals surface area contributed by atoms with Crippen molar-refractivity contribution in [3.05, 3.63) is 17.5 Å². The Hall–Kier alpha value is -2.05. The molecule has 0 bridgehead atoms. The van der Waals surface area contributed by atoms with Crippen LogP contribution in [0.1, 0.15) is 30.5 Å². The summed E-state index contributed by atoms with van der Waals surface area (Å²) in [7, 11) is 0. The topological polar surface area (TPSA) is 107 Å². The summed E-state index contributed by atoms with van der Waals surface area (Å²) in [5, 5.41) is 21.1. The number of aromatic amines is 1. The zero-order valence-electron chi connectivity index (χ0n) is 10.8. The molecular formula is C12H18N4O3. The average Bonchev–Trinajstić information content (AvgIpc) is 2.96. The van der Waals surface area contributed by atoms with E-state index in [4.69, 9.17) is 5.11 Å². The van der Waals surface area contributed by atoms with Gasteiger partial charge in [-0.25, -0.2) is 4.79 Å². The number of hydrogen-bond acceptors (Lipinski definition) is 3. The standard InChI is InChI=1S/C12H18N4O3/c1-7-9(6-14-16-7)5-13-12(19)15-10-3-2-8(4-10)11(17)18/h6,8,10H,2-5H2,1H3,(H,14,16)(H,17,18)(H2,13,15,19)/t8-,10+/m1/s1.